The van der Waals surface area contributed by atoms with E-state index < -0.39 is 0 Å². The Bertz CT molecular complexity index is 976. The molecule has 0 amide bonds. The highest BCUT2D eigenvalue weighted by atomic mass is 32.2. The smallest absolute Gasteiger partial charge is 0.259 e. The van der Waals surface area contributed by atoms with Gasteiger partial charge in [0, 0.05) is 4.88 Å². The van der Waals surface area contributed by atoms with Crippen LogP contribution < -0.4 is 5.56 Å². The van der Waals surface area contributed by atoms with Crippen molar-refractivity contribution in [3.05, 3.63) is 26.6 Å². The zero-order valence-corrected chi connectivity index (χ0v) is 17.4. The Hall–Kier alpha value is -0.900. The second kappa shape index (κ2) is 7.02. The van der Waals surface area contributed by atoms with Crippen molar-refractivity contribution in [1.29, 1.82) is 0 Å². The van der Waals surface area contributed by atoms with Gasteiger partial charge in [0.15, 0.2) is 8.68 Å². The lowest BCUT2D eigenvalue weighted by Gasteiger charge is -2.17. The van der Waals surface area contributed by atoms with E-state index in [0.717, 1.165) is 44.0 Å². The van der Waals surface area contributed by atoms with Crippen LogP contribution in [0.1, 0.15) is 41.8 Å². The Kier molecular flexibility index (Phi) is 4.91. The molecule has 3 aromatic rings. The third kappa shape index (κ3) is 3.39. The SMILES string of the molecule is CSc1nnc(S[C@H](C)c2nc3sc4c(c3c(=O)[nH]2)CC[C@H](C)C4)s1. The molecule has 132 valence electrons. The molecule has 0 fully saturated rings. The highest BCUT2D eigenvalue weighted by Crippen LogP contribution is 2.39. The number of rotatable bonds is 4. The van der Waals surface area contributed by atoms with Crippen LogP contribution in [0.15, 0.2) is 13.5 Å². The molecule has 0 aromatic carbocycles. The minimum absolute atomic E-state index is 0.00145. The van der Waals surface area contributed by atoms with E-state index in [0.29, 0.717) is 5.92 Å². The second-order valence-electron chi connectivity index (χ2n) is 6.28. The van der Waals surface area contributed by atoms with Crippen LogP contribution in [0, 0.1) is 5.92 Å². The molecule has 1 aliphatic rings. The fraction of sp³-hybridized carbons (Fsp3) is 0.500. The van der Waals surface area contributed by atoms with E-state index in [1.165, 1.54) is 10.4 Å². The average Bonchev–Trinajstić information content (AvgIpc) is 3.17. The molecular weight excluding hydrogens is 392 g/mol. The maximum atomic E-state index is 12.7. The van der Waals surface area contributed by atoms with Gasteiger partial charge >= 0.3 is 0 Å². The number of thioether (sulfide) groups is 2. The van der Waals surface area contributed by atoms with Gasteiger partial charge in [-0.2, -0.15) is 0 Å². The molecule has 0 spiro atoms. The Morgan fingerprint density at radius 1 is 1.28 bits per heavy atom. The summed E-state index contributed by atoms with van der Waals surface area (Å²) in [4.78, 5) is 22.7. The van der Waals surface area contributed by atoms with Gasteiger partial charge in [-0.15, -0.1) is 21.5 Å². The standard InChI is InChI=1S/C16H18N4OS4/c1-7-4-5-9-10(6-7)24-14-11(9)13(21)17-12(18-14)8(2)23-16-20-19-15(22-3)25-16/h7-8H,4-6H2,1-3H3,(H,17,18,21)/t7-,8+/m0/s1. The van der Waals surface area contributed by atoms with Crippen LogP contribution in [-0.4, -0.2) is 26.4 Å². The molecule has 1 N–H and O–H groups in total. The number of aromatic nitrogens is 4. The van der Waals surface area contributed by atoms with E-state index in [1.807, 2.05) is 13.2 Å². The zero-order chi connectivity index (χ0) is 17.6. The maximum Gasteiger partial charge on any atom is 0.259 e. The monoisotopic (exact) mass is 410 g/mol. The molecular formula is C16H18N4OS4. The van der Waals surface area contributed by atoms with Crippen molar-refractivity contribution in [2.45, 2.75) is 47.0 Å². The molecule has 0 unspecified atom stereocenters. The van der Waals surface area contributed by atoms with Crippen LogP contribution in [0.3, 0.4) is 0 Å². The summed E-state index contributed by atoms with van der Waals surface area (Å²) < 4.78 is 1.85. The normalized spacial score (nSPS) is 18.4. The molecule has 0 aliphatic heterocycles. The average molecular weight is 411 g/mol. The van der Waals surface area contributed by atoms with E-state index in [4.69, 9.17) is 4.98 Å². The third-order valence-electron chi connectivity index (χ3n) is 4.41. The van der Waals surface area contributed by atoms with Crippen molar-refractivity contribution >= 4 is 56.4 Å². The molecule has 3 aromatic heterocycles. The fourth-order valence-electron chi connectivity index (χ4n) is 3.09. The van der Waals surface area contributed by atoms with Gasteiger partial charge in [-0.1, -0.05) is 41.8 Å². The van der Waals surface area contributed by atoms with Gasteiger partial charge < -0.3 is 4.98 Å². The topological polar surface area (TPSA) is 71.5 Å². The van der Waals surface area contributed by atoms with Crippen molar-refractivity contribution in [2.24, 2.45) is 5.92 Å². The molecule has 25 heavy (non-hydrogen) atoms. The van der Waals surface area contributed by atoms with Gasteiger partial charge in [-0.25, -0.2) is 4.98 Å². The van der Waals surface area contributed by atoms with E-state index in [1.54, 1.807) is 46.2 Å². The number of H-pyrrole nitrogens is 1. The Labute approximate surface area is 162 Å². The van der Waals surface area contributed by atoms with Crippen LogP contribution >= 0.6 is 46.2 Å². The summed E-state index contributed by atoms with van der Waals surface area (Å²) >= 11 is 6.45. The van der Waals surface area contributed by atoms with Crippen LogP contribution in [-0.2, 0) is 12.8 Å². The summed E-state index contributed by atoms with van der Waals surface area (Å²) in [5.41, 5.74) is 1.23. The number of hydrogen-bond acceptors (Lipinski definition) is 8. The Morgan fingerprint density at radius 3 is 2.84 bits per heavy atom. The molecule has 1 aliphatic carbocycles. The first-order chi connectivity index (χ1) is 12.0. The first kappa shape index (κ1) is 17.5. The number of aromatic amines is 1. The van der Waals surface area contributed by atoms with E-state index in [-0.39, 0.29) is 10.8 Å². The van der Waals surface area contributed by atoms with Crippen LogP contribution in [0.5, 0.6) is 0 Å². The number of aryl methyl sites for hydroxylation is 1. The fourth-order valence-corrected chi connectivity index (χ4v) is 7.12. The molecule has 0 saturated carbocycles. The highest BCUT2D eigenvalue weighted by Gasteiger charge is 2.24. The third-order valence-corrected chi connectivity index (χ3v) is 8.65. The van der Waals surface area contributed by atoms with Gasteiger partial charge in [0.25, 0.3) is 5.56 Å². The predicted octanol–water partition coefficient (Wildman–Crippen LogP) is 4.54. The molecule has 2 atom stereocenters. The summed E-state index contributed by atoms with van der Waals surface area (Å²) in [5.74, 6) is 1.41. The van der Waals surface area contributed by atoms with Gasteiger partial charge in [-0.05, 0) is 43.9 Å². The van der Waals surface area contributed by atoms with E-state index in [2.05, 4.69) is 22.1 Å². The summed E-state index contributed by atoms with van der Waals surface area (Å²) in [6, 6.07) is 0. The summed E-state index contributed by atoms with van der Waals surface area (Å²) in [7, 11) is 0. The molecule has 0 bridgehead atoms. The number of fused-ring (bicyclic) bond motifs is 3. The van der Waals surface area contributed by atoms with E-state index >= 15 is 0 Å². The highest BCUT2D eigenvalue weighted by molar-refractivity contribution is 8.03. The van der Waals surface area contributed by atoms with Crippen molar-refractivity contribution < 1.29 is 0 Å². The molecule has 5 nitrogen and oxygen atoms in total. The van der Waals surface area contributed by atoms with Crippen molar-refractivity contribution in [1.82, 2.24) is 20.2 Å². The summed E-state index contributed by atoms with van der Waals surface area (Å²) in [5, 5.41) is 9.15. The van der Waals surface area contributed by atoms with Crippen LogP contribution in [0.4, 0.5) is 0 Å². The molecule has 9 heteroatoms. The van der Waals surface area contributed by atoms with Crippen LogP contribution in [0.2, 0.25) is 0 Å². The van der Waals surface area contributed by atoms with E-state index in [9.17, 15) is 4.79 Å². The molecule has 4 rings (SSSR count). The van der Waals surface area contributed by atoms with Crippen molar-refractivity contribution in [3.63, 3.8) is 0 Å². The number of thiophene rings is 1. The first-order valence-corrected chi connectivity index (χ1v) is 11.9. The first-order valence-electron chi connectivity index (χ1n) is 8.13. The minimum atomic E-state index is 0.00145. The second-order valence-corrected chi connectivity index (χ2v) is 11.0. The molecule has 0 radical (unpaired) electrons. The number of nitrogens with zero attached hydrogens (tertiary/aromatic N) is 3. The summed E-state index contributed by atoms with van der Waals surface area (Å²) in [6.07, 6.45) is 5.21. The van der Waals surface area contributed by atoms with Gasteiger partial charge in [-0.3, -0.25) is 4.79 Å². The quantitative estimate of drug-likeness (QED) is 0.637. The lowest BCUT2D eigenvalue weighted by molar-refractivity contribution is 0.509. The minimum Gasteiger partial charge on any atom is -0.309 e. The molecule has 3 heterocycles. The lowest BCUT2D eigenvalue weighted by atomic mass is 9.89. The Balaban J connectivity index is 1.67. The predicted molar refractivity (Wildman–Crippen MR) is 107 cm³/mol. The largest absolute Gasteiger partial charge is 0.309 e. The van der Waals surface area contributed by atoms with Crippen LogP contribution in [0.25, 0.3) is 10.2 Å². The van der Waals surface area contributed by atoms with Gasteiger partial charge in [0.2, 0.25) is 0 Å². The molecule has 0 saturated heterocycles. The zero-order valence-electron chi connectivity index (χ0n) is 14.2. The number of hydrogen-bond donors (Lipinski definition) is 1. The lowest BCUT2D eigenvalue weighted by Crippen LogP contribution is -2.15. The van der Waals surface area contributed by atoms with Crippen molar-refractivity contribution in [3.8, 4) is 0 Å². The van der Waals surface area contributed by atoms with Crippen molar-refractivity contribution in [2.75, 3.05) is 6.26 Å². The van der Waals surface area contributed by atoms with Gasteiger partial charge in [0.1, 0.15) is 10.7 Å². The van der Waals surface area contributed by atoms with Gasteiger partial charge in [0.05, 0.1) is 10.6 Å². The Morgan fingerprint density at radius 2 is 2.08 bits per heavy atom. The summed E-state index contributed by atoms with van der Waals surface area (Å²) in [6.45, 7) is 4.32. The number of nitrogens with one attached hydrogen (secondary N) is 1. The maximum absolute atomic E-state index is 12.7.